The van der Waals surface area contributed by atoms with Gasteiger partial charge in [-0.3, -0.25) is 0 Å². The number of hydrogen-bond donors (Lipinski definition) is 1. The fraction of sp³-hybridized carbons (Fsp3) is 0.667. The van der Waals surface area contributed by atoms with Crippen molar-refractivity contribution in [2.24, 2.45) is 5.73 Å². The molecule has 0 aliphatic carbocycles. The summed E-state index contributed by atoms with van der Waals surface area (Å²) >= 11 is 0. The van der Waals surface area contributed by atoms with Crippen LogP contribution < -0.4 is 10.5 Å². The zero-order valence-corrected chi connectivity index (χ0v) is 13.2. The van der Waals surface area contributed by atoms with Crippen molar-refractivity contribution in [1.82, 2.24) is 0 Å². The van der Waals surface area contributed by atoms with E-state index in [1.54, 1.807) is 0 Å². The van der Waals surface area contributed by atoms with Crippen molar-refractivity contribution < 1.29 is 4.74 Å². The predicted octanol–water partition coefficient (Wildman–Crippen LogP) is 5.23. The van der Waals surface area contributed by atoms with Gasteiger partial charge in [0.2, 0.25) is 0 Å². The van der Waals surface area contributed by atoms with Gasteiger partial charge in [0.15, 0.2) is 0 Å². The molecule has 0 saturated carbocycles. The van der Waals surface area contributed by atoms with Crippen LogP contribution in [0.2, 0.25) is 0 Å². The molecule has 0 saturated heterocycles. The van der Waals surface area contributed by atoms with Crippen molar-refractivity contribution in [2.75, 3.05) is 6.61 Å². The molecule has 114 valence electrons. The molecule has 2 heteroatoms. The van der Waals surface area contributed by atoms with E-state index in [2.05, 4.69) is 13.0 Å². The van der Waals surface area contributed by atoms with E-state index in [1.807, 2.05) is 25.1 Å². The van der Waals surface area contributed by atoms with Crippen LogP contribution in [-0.4, -0.2) is 6.61 Å². The zero-order chi connectivity index (χ0) is 14.6. The highest BCUT2D eigenvalue weighted by molar-refractivity contribution is 5.30. The predicted molar refractivity (Wildman–Crippen MR) is 87.1 cm³/mol. The van der Waals surface area contributed by atoms with Crippen LogP contribution in [0.5, 0.6) is 5.75 Å². The number of benzene rings is 1. The average molecular weight is 277 g/mol. The van der Waals surface area contributed by atoms with Crippen LogP contribution in [0.1, 0.15) is 76.8 Å². The lowest BCUT2D eigenvalue weighted by Gasteiger charge is -2.10. The molecule has 0 bridgehead atoms. The first-order valence-corrected chi connectivity index (χ1v) is 8.22. The molecule has 20 heavy (non-hydrogen) atoms. The summed E-state index contributed by atoms with van der Waals surface area (Å²) in [6.07, 6.45) is 10.7. The highest BCUT2D eigenvalue weighted by atomic mass is 16.5. The molecule has 1 atom stereocenters. The van der Waals surface area contributed by atoms with Crippen molar-refractivity contribution in [1.29, 1.82) is 0 Å². The van der Waals surface area contributed by atoms with Gasteiger partial charge in [-0.2, -0.15) is 0 Å². The van der Waals surface area contributed by atoms with E-state index in [0.29, 0.717) is 0 Å². The van der Waals surface area contributed by atoms with E-state index < -0.39 is 0 Å². The van der Waals surface area contributed by atoms with Gasteiger partial charge in [-0.05, 0) is 31.0 Å². The number of ether oxygens (including phenoxy) is 1. The van der Waals surface area contributed by atoms with E-state index in [0.717, 1.165) is 24.3 Å². The van der Waals surface area contributed by atoms with Crippen LogP contribution in [0.15, 0.2) is 24.3 Å². The van der Waals surface area contributed by atoms with Crippen LogP contribution in [0.4, 0.5) is 0 Å². The molecule has 0 aliphatic rings. The van der Waals surface area contributed by atoms with Gasteiger partial charge < -0.3 is 10.5 Å². The first kappa shape index (κ1) is 17.0. The molecular weight excluding hydrogens is 246 g/mol. The monoisotopic (exact) mass is 277 g/mol. The highest BCUT2D eigenvalue weighted by Gasteiger charge is 2.01. The summed E-state index contributed by atoms with van der Waals surface area (Å²) in [5.41, 5.74) is 7.01. The van der Waals surface area contributed by atoms with Crippen molar-refractivity contribution >= 4 is 0 Å². The lowest BCUT2D eigenvalue weighted by atomic mass is 10.1. The van der Waals surface area contributed by atoms with Crippen LogP contribution >= 0.6 is 0 Å². The Morgan fingerprint density at radius 3 is 2.30 bits per heavy atom. The maximum absolute atomic E-state index is 5.87. The Kier molecular flexibility index (Phi) is 9.14. The van der Waals surface area contributed by atoms with E-state index in [9.17, 15) is 0 Å². The second-order valence-corrected chi connectivity index (χ2v) is 5.68. The van der Waals surface area contributed by atoms with Gasteiger partial charge in [-0.25, -0.2) is 0 Å². The first-order chi connectivity index (χ1) is 9.74. The summed E-state index contributed by atoms with van der Waals surface area (Å²) in [6.45, 7) is 5.08. The van der Waals surface area contributed by atoms with Gasteiger partial charge in [0.05, 0.1) is 6.61 Å². The Morgan fingerprint density at radius 2 is 1.65 bits per heavy atom. The molecular formula is C18H31NO. The van der Waals surface area contributed by atoms with Crippen molar-refractivity contribution in [3.63, 3.8) is 0 Å². The standard InChI is InChI=1S/C18H31NO/c1-3-4-5-6-7-8-9-10-14-20-18-13-11-12-17(15-18)16(2)19/h11-13,15-16H,3-10,14,19H2,1-2H3/t16-/m0/s1. The molecule has 0 heterocycles. The van der Waals surface area contributed by atoms with E-state index >= 15 is 0 Å². The maximum atomic E-state index is 5.87. The minimum absolute atomic E-state index is 0.0710. The lowest BCUT2D eigenvalue weighted by Crippen LogP contribution is -2.05. The van der Waals surface area contributed by atoms with Gasteiger partial charge in [-0.15, -0.1) is 0 Å². The largest absolute Gasteiger partial charge is 0.494 e. The quantitative estimate of drug-likeness (QED) is 0.562. The first-order valence-electron chi connectivity index (χ1n) is 8.22. The van der Waals surface area contributed by atoms with Gasteiger partial charge in [0, 0.05) is 6.04 Å². The molecule has 1 aromatic carbocycles. The Bertz CT molecular complexity index is 349. The zero-order valence-electron chi connectivity index (χ0n) is 13.2. The number of hydrogen-bond acceptors (Lipinski definition) is 2. The molecule has 0 amide bonds. The normalized spacial score (nSPS) is 12.3. The molecule has 2 nitrogen and oxygen atoms in total. The number of unbranched alkanes of at least 4 members (excludes halogenated alkanes) is 7. The van der Waals surface area contributed by atoms with E-state index in [1.165, 1.54) is 44.9 Å². The van der Waals surface area contributed by atoms with Crippen molar-refractivity contribution in [2.45, 2.75) is 71.3 Å². The average Bonchev–Trinajstić information content (AvgIpc) is 2.46. The summed E-state index contributed by atoms with van der Waals surface area (Å²) in [5, 5.41) is 0. The van der Waals surface area contributed by atoms with Gasteiger partial charge in [-0.1, -0.05) is 64.0 Å². The Balaban J connectivity index is 2.05. The smallest absolute Gasteiger partial charge is 0.119 e. The molecule has 0 fully saturated rings. The fourth-order valence-corrected chi connectivity index (χ4v) is 2.31. The second-order valence-electron chi connectivity index (χ2n) is 5.68. The lowest BCUT2D eigenvalue weighted by molar-refractivity contribution is 0.304. The minimum atomic E-state index is 0.0710. The van der Waals surface area contributed by atoms with E-state index in [-0.39, 0.29) is 6.04 Å². The molecule has 0 aromatic heterocycles. The summed E-state index contributed by atoms with van der Waals surface area (Å²) in [7, 11) is 0. The number of rotatable bonds is 11. The summed E-state index contributed by atoms with van der Waals surface area (Å²) in [5.74, 6) is 0.947. The summed E-state index contributed by atoms with van der Waals surface area (Å²) < 4.78 is 5.79. The van der Waals surface area contributed by atoms with Gasteiger partial charge >= 0.3 is 0 Å². The maximum Gasteiger partial charge on any atom is 0.119 e. The van der Waals surface area contributed by atoms with Gasteiger partial charge in [0.1, 0.15) is 5.75 Å². The van der Waals surface area contributed by atoms with Crippen LogP contribution in [0.3, 0.4) is 0 Å². The molecule has 0 aliphatic heterocycles. The minimum Gasteiger partial charge on any atom is -0.494 e. The third-order valence-corrected chi connectivity index (χ3v) is 3.65. The molecule has 2 N–H and O–H groups in total. The Labute approximate surface area is 124 Å². The number of nitrogens with two attached hydrogens (primary N) is 1. The molecule has 1 aromatic rings. The molecule has 0 radical (unpaired) electrons. The molecule has 0 unspecified atom stereocenters. The Morgan fingerprint density at radius 1 is 1.00 bits per heavy atom. The van der Waals surface area contributed by atoms with Crippen molar-refractivity contribution in [3.8, 4) is 5.75 Å². The van der Waals surface area contributed by atoms with Gasteiger partial charge in [0.25, 0.3) is 0 Å². The summed E-state index contributed by atoms with van der Waals surface area (Å²) in [6, 6.07) is 8.20. The third-order valence-electron chi connectivity index (χ3n) is 3.65. The topological polar surface area (TPSA) is 35.2 Å². The van der Waals surface area contributed by atoms with E-state index in [4.69, 9.17) is 10.5 Å². The summed E-state index contributed by atoms with van der Waals surface area (Å²) in [4.78, 5) is 0. The Hall–Kier alpha value is -1.02. The highest BCUT2D eigenvalue weighted by Crippen LogP contribution is 2.18. The van der Waals surface area contributed by atoms with Crippen LogP contribution in [0.25, 0.3) is 0 Å². The fourth-order valence-electron chi connectivity index (χ4n) is 2.31. The SMILES string of the molecule is CCCCCCCCCCOc1cccc([C@H](C)N)c1. The third kappa shape index (κ3) is 7.54. The van der Waals surface area contributed by atoms with Crippen LogP contribution in [-0.2, 0) is 0 Å². The molecule has 0 spiro atoms. The van der Waals surface area contributed by atoms with Crippen LogP contribution in [0, 0.1) is 0 Å². The van der Waals surface area contributed by atoms with Crippen molar-refractivity contribution in [3.05, 3.63) is 29.8 Å². The molecule has 1 rings (SSSR count). The second kappa shape index (κ2) is 10.7.